The second-order valence-corrected chi connectivity index (χ2v) is 11.6. The Balaban J connectivity index is 0.00000486. The summed E-state index contributed by atoms with van der Waals surface area (Å²) < 4.78 is 63.8. The summed E-state index contributed by atoms with van der Waals surface area (Å²) in [6.45, 7) is 2.92. The van der Waals surface area contributed by atoms with Gasteiger partial charge in [-0.25, -0.2) is 9.37 Å². The van der Waals surface area contributed by atoms with Gasteiger partial charge in [0.15, 0.2) is 0 Å². The van der Waals surface area contributed by atoms with E-state index in [1.165, 1.54) is 6.20 Å². The number of aromatic nitrogens is 2. The lowest BCUT2D eigenvalue weighted by Gasteiger charge is -2.34. The number of piperazine rings is 1. The number of hydrogen-bond acceptors (Lipinski definition) is 6. The second-order valence-electron chi connectivity index (χ2n) is 11.6. The Labute approximate surface area is 296 Å². The van der Waals surface area contributed by atoms with Crippen LogP contribution in [0.25, 0.3) is 10.9 Å². The number of rotatable bonds is 10. The number of nitrogens with zero attached hydrogens (tertiary/aromatic N) is 4. The zero-order valence-corrected chi connectivity index (χ0v) is 28.7. The van der Waals surface area contributed by atoms with E-state index < -0.39 is 24.3 Å². The maximum absolute atomic E-state index is 13.5. The first-order valence-electron chi connectivity index (χ1n) is 15.6. The van der Waals surface area contributed by atoms with Gasteiger partial charge in [0.2, 0.25) is 5.88 Å². The number of pyridine rings is 1. The summed E-state index contributed by atoms with van der Waals surface area (Å²) in [7, 11) is 1.85. The highest BCUT2D eigenvalue weighted by Gasteiger charge is 2.30. The Morgan fingerprint density at radius 3 is 2.22 bits per heavy atom. The Morgan fingerprint density at radius 2 is 1.58 bits per heavy atom. The van der Waals surface area contributed by atoms with E-state index >= 15 is 0 Å². The molecule has 2 aromatic heterocycles. The highest BCUT2D eigenvalue weighted by Crippen LogP contribution is 2.30. The maximum Gasteiger partial charge on any atom is 0.416 e. The molecule has 1 N–H and O–H groups in total. The summed E-state index contributed by atoms with van der Waals surface area (Å²) in [5, 5.41) is 3.43. The molecule has 0 aliphatic carbocycles. The monoisotopic (exact) mass is 755 g/mol. The minimum atomic E-state index is -4.48. The first-order valence-corrected chi connectivity index (χ1v) is 15.6. The van der Waals surface area contributed by atoms with Gasteiger partial charge >= 0.3 is 6.18 Å². The van der Waals surface area contributed by atoms with E-state index in [4.69, 9.17) is 9.47 Å². The predicted octanol–water partition coefficient (Wildman–Crippen LogP) is 7.52. The third kappa shape index (κ3) is 8.61. The zero-order valence-electron chi connectivity index (χ0n) is 27.0. The Morgan fingerprint density at radius 1 is 0.880 bits per heavy atom. The molecular formula is C36H34BrF4N5O4. The SMILES string of the molecule is Br.Cn1c(C(=O)N2CCN(Cc3ccc(OCCF)cc3)CC2)cc2cc(Oc3ccc(NC(=O)c4ccc(C(F)(F)F)cc4)cn3)ccc21. The van der Waals surface area contributed by atoms with Crippen LogP contribution >= 0.6 is 17.0 Å². The Kier molecular flexibility index (Phi) is 11.4. The quantitative estimate of drug-likeness (QED) is 0.149. The van der Waals surface area contributed by atoms with Gasteiger partial charge in [0.1, 0.15) is 30.5 Å². The average Bonchev–Trinajstić information content (AvgIpc) is 3.43. The largest absolute Gasteiger partial charge is 0.491 e. The molecular weight excluding hydrogens is 722 g/mol. The van der Waals surface area contributed by atoms with Crippen LogP contribution in [0.3, 0.4) is 0 Å². The number of halogens is 5. The number of carbonyl (C=O) groups excluding carboxylic acids is 2. The molecule has 9 nitrogen and oxygen atoms in total. The van der Waals surface area contributed by atoms with Crippen molar-refractivity contribution in [3.05, 3.63) is 114 Å². The van der Waals surface area contributed by atoms with Crippen molar-refractivity contribution in [2.75, 3.05) is 44.8 Å². The molecule has 0 unspecified atom stereocenters. The van der Waals surface area contributed by atoms with Crippen molar-refractivity contribution in [2.45, 2.75) is 12.7 Å². The zero-order chi connectivity index (χ0) is 34.5. The van der Waals surface area contributed by atoms with Gasteiger partial charge in [-0.1, -0.05) is 12.1 Å². The molecule has 6 rings (SSSR count). The lowest BCUT2D eigenvalue weighted by molar-refractivity contribution is -0.137. The molecule has 3 heterocycles. The topological polar surface area (TPSA) is 88.9 Å². The van der Waals surface area contributed by atoms with Crippen molar-refractivity contribution in [3.63, 3.8) is 0 Å². The molecule has 1 aliphatic heterocycles. The minimum absolute atomic E-state index is 0. The van der Waals surface area contributed by atoms with Crippen LogP contribution in [0.1, 0.15) is 32.0 Å². The van der Waals surface area contributed by atoms with E-state index in [9.17, 15) is 27.2 Å². The summed E-state index contributed by atoms with van der Waals surface area (Å²) in [5.74, 6) is 0.781. The maximum atomic E-state index is 13.5. The number of hydrogen-bond donors (Lipinski definition) is 1. The third-order valence-electron chi connectivity index (χ3n) is 8.26. The normalized spacial score (nSPS) is 13.5. The highest BCUT2D eigenvalue weighted by molar-refractivity contribution is 8.93. The summed E-state index contributed by atoms with van der Waals surface area (Å²) in [6.07, 6.45) is -3.10. The molecule has 50 heavy (non-hydrogen) atoms. The van der Waals surface area contributed by atoms with Gasteiger partial charge < -0.3 is 24.3 Å². The summed E-state index contributed by atoms with van der Waals surface area (Å²) in [4.78, 5) is 34.4. The van der Waals surface area contributed by atoms with Crippen molar-refractivity contribution < 1.29 is 36.6 Å². The van der Waals surface area contributed by atoms with Crippen molar-refractivity contribution >= 4 is 45.4 Å². The molecule has 0 spiro atoms. The Bertz CT molecular complexity index is 1930. The van der Waals surface area contributed by atoms with E-state index in [0.29, 0.717) is 36.0 Å². The van der Waals surface area contributed by atoms with Gasteiger partial charge in [0.25, 0.3) is 11.8 Å². The first kappa shape index (κ1) is 36.3. The molecule has 5 aromatic rings. The lowest BCUT2D eigenvalue weighted by atomic mass is 10.1. The minimum Gasteiger partial charge on any atom is -0.491 e. The molecule has 2 amide bonds. The predicted molar refractivity (Wildman–Crippen MR) is 186 cm³/mol. The molecule has 1 saturated heterocycles. The van der Waals surface area contributed by atoms with Crippen molar-refractivity contribution in [1.29, 1.82) is 0 Å². The van der Waals surface area contributed by atoms with Gasteiger partial charge in [-0.15, -0.1) is 17.0 Å². The van der Waals surface area contributed by atoms with Gasteiger partial charge in [0.05, 0.1) is 17.4 Å². The number of aryl methyl sites for hydroxylation is 1. The lowest BCUT2D eigenvalue weighted by Crippen LogP contribution is -2.48. The van der Waals surface area contributed by atoms with Gasteiger partial charge in [0, 0.05) is 62.3 Å². The number of ether oxygens (including phenoxy) is 2. The molecule has 0 radical (unpaired) electrons. The third-order valence-corrected chi connectivity index (χ3v) is 8.26. The first-order chi connectivity index (χ1) is 23.6. The van der Waals surface area contributed by atoms with E-state index in [1.807, 2.05) is 59.0 Å². The summed E-state index contributed by atoms with van der Waals surface area (Å²) >= 11 is 0. The fourth-order valence-electron chi connectivity index (χ4n) is 5.62. The number of amides is 2. The molecule has 262 valence electrons. The molecule has 1 aliphatic rings. The highest BCUT2D eigenvalue weighted by atomic mass is 79.9. The van der Waals surface area contributed by atoms with E-state index in [2.05, 4.69) is 15.2 Å². The van der Waals surface area contributed by atoms with Gasteiger partial charge in [-0.3, -0.25) is 14.5 Å². The summed E-state index contributed by atoms with van der Waals surface area (Å²) in [5.41, 5.74) is 2.13. The molecule has 1 fully saturated rings. The summed E-state index contributed by atoms with van der Waals surface area (Å²) in [6, 6.07) is 22.0. The molecule has 0 saturated carbocycles. The fourth-order valence-corrected chi connectivity index (χ4v) is 5.62. The number of anilines is 1. The number of alkyl halides is 4. The van der Waals surface area contributed by atoms with E-state index in [1.54, 1.807) is 18.2 Å². The van der Waals surface area contributed by atoms with Crippen LogP contribution in [0.2, 0.25) is 0 Å². The van der Waals surface area contributed by atoms with Crippen LogP contribution in [0, 0.1) is 0 Å². The number of fused-ring (bicyclic) bond motifs is 1. The molecule has 0 bridgehead atoms. The van der Waals surface area contributed by atoms with Crippen molar-refractivity contribution in [3.8, 4) is 17.4 Å². The smallest absolute Gasteiger partial charge is 0.416 e. The van der Waals surface area contributed by atoms with E-state index in [0.717, 1.165) is 60.4 Å². The number of nitrogens with one attached hydrogen (secondary N) is 1. The standard InChI is InChI=1S/C36H33F4N5O4.BrH/c1-43-31-12-11-30(49-33-13-8-28(22-41-33)42-34(46)25-4-6-27(7-5-25)36(38,39)40)20-26(31)21-32(43)35(47)45-17-15-44(16-18-45)23-24-2-9-29(10-3-24)48-19-14-37;/h2-13,20-22H,14-19,23H2,1H3,(H,42,46);1H. The van der Waals surface area contributed by atoms with Crippen LogP contribution < -0.4 is 14.8 Å². The van der Waals surface area contributed by atoms with Crippen molar-refractivity contribution in [2.24, 2.45) is 7.05 Å². The van der Waals surface area contributed by atoms with Crippen LogP contribution in [0.15, 0.2) is 91.1 Å². The fraction of sp³-hybridized carbons (Fsp3) is 0.250. The van der Waals surface area contributed by atoms with Gasteiger partial charge in [-0.05, 0) is 72.3 Å². The molecule has 3 aromatic carbocycles. The average molecular weight is 757 g/mol. The number of carbonyl (C=O) groups is 2. The van der Waals surface area contributed by atoms with Crippen LogP contribution in [0.5, 0.6) is 17.4 Å². The Hall–Kier alpha value is -4.95. The molecule has 14 heteroatoms. The van der Waals surface area contributed by atoms with Crippen LogP contribution in [-0.2, 0) is 19.8 Å². The van der Waals surface area contributed by atoms with Crippen LogP contribution in [-0.4, -0.2) is 70.6 Å². The van der Waals surface area contributed by atoms with Gasteiger partial charge in [-0.2, -0.15) is 13.2 Å². The van der Waals surface area contributed by atoms with E-state index in [-0.39, 0.29) is 40.9 Å². The van der Waals surface area contributed by atoms with Crippen molar-refractivity contribution in [1.82, 2.24) is 19.4 Å². The number of benzene rings is 3. The second kappa shape index (κ2) is 15.7. The van der Waals surface area contributed by atoms with Crippen LogP contribution in [0.4, 0.5) is 23.2 Å². The molecule has 0 atom stereocenters.